The highest BCUT2D eigenvalue weighted by Gasteiger charge is 2.17. The van der Waals surface area contributed by atoms with Crippen LogP contribution in [0.3, 0.4) is 0 Å². The third-order valence-electron chi connectivity index (χ3n) is 3.67. The number of aryl methyl sites for hydroxylation is 2. The fourth-order valence-electron chi connectivity index (χ4n) is 2.59. The van der Waals surface area contributed by atoms with E-state index in [1.165, 1.54) is 0 Å². The van der Waals surface area contributed by atoms with Gasteiger partial charge in [0.1, 0.15) is 0 Å². The second-order valence-corrected chi connectivity index (χ2v) is 5.57. The number of carbonyl (C=O) groups is 1. The van der Waals surface area contributed by atoms with Gasteiger partial charge in [-0.05, 0) is 45.9 Å². The van der Waals surface area contributed by atoms with Crippen LogP contribution < -0.4 is 14.8 Å². The standard InChI is InChI=1S/C18H25N3O3/c1-6-23-16-9-8-14(10-17(16)24-7-2)18(22)19-12(3)15-11-21(5)20-13(15)4/h8-12H,6-7H2,1-5H3,(H,19,22). The molecule has 1 amide bonds. The first kappa shape index (κ1) is 17.8. The molecule has 6 heteroatoms. The van der Waals surface area contributed by atoms with E-state index in [9.17, 15) is 4.79 Å². The first-order valence-corrected chi connectivity index (χ1v) is 8.16. The summed E-state index contributed by atoms with van der Waals surface area (Å²) in [6.45, 7) is 8.74. The number of nitrogens with one attached hydrogen (secondary N) is 1. The van der Waals surface area contributed by atoms with E-state index in [1.54, 1.807) is 22.9 Å². The molecule has 0 saturated heterocycles. The van der Waals surface area contributed by atoms with Crippen molar-refractivity contribution in [3.63, 3.8) is 0 Å². The molecule has 0 aliphatic rings. The van der Waals surface area contributed by atoms with Crippen LogP contribution in [0.5, 0.6) is 11.5 Å². The molecule has 0 fully saturated rings. The number of aromatic nitrogens is 2. The number of hydrogen-bond acceptors (Lipinski definition) is 4. The topological polar surface area (TPSA) is 65.4 Å². The van der Waals surface area contributed by atoms with Crippen molar-refractivity contribution >= 4 is 5.91 Å². The van der Waals surface area contributed by atoms with Gasteiger partial charge >= 0.3 is 0 Å². The average molecular weight is 331 g/mol. The highest BCUT2D eigenvalue weighted by molar-refractivity contribution is 5.95. The molecule has 1 atom stereocenters. The minimum Gasteiger partial charge on any atom is -0.490 e. The van der Waals surface area contributed by atoms with Crippen LogP contribution in [0, 0.1) is 6.92 Å². The van der Waals surface area contributed by atoms with E-state index in [0.29, 0.717) is 30.3 Å². The summed E-state index contributed by atoms with van der Waals surface area (Å²) < 4.78 is 12.8. The second kappa shape index (κ2) is 7.86. The van der Waals surface area contributed by atoms with Crippen molar-refractivity contribution in [1.29, 1.82) is 0 Å². The van der Waals surface area contributed by atoms with Crippen LogP contribution in [0.2, 0.25) is 0 Å². The molecule has 6 nitrogen and oxygen atoms in total. The molecule has 0 spiro atoms. The summed E-state index contributed by atoms with van der Waals surface area (Å²) >= 11 is 0. The second-order valence-electron chi connectivity index (χ2n) is 5.57. The summed E-state index contributed by atoms with van der Waals surface area (Å²) in [5.41, 5.74) is 2.45. The van der Waals surface area contributed by atoms with Gasteiger partial charge in [0.25, 0.3) is 5.91 Å². The van der Waals surface area contributed by atoms with Gasteiger partial charge in [-0.15, -0.1) is 0 Å². The van der Waals surface area contributed by atoms with Gasteiger partial charge in [-0.1, -0.05) is 0 Å². The van der Waals surface area contributed by atoms with E-state index >= 15 is 0 Å². The minimum atomic E-state index is -0.158. The van der Waals surface area contributed by atoms with Crippen LogP contribution in [0.15, 0.2) is 24.4 Å². The Labute approximate surface area is 142 Å². The van der Waals surface area contributed by atoms with E-state index in [2.05, 4.69) is 10.4 Å². The monoisotopic (exact) mass is 331 g/mol. The van der Waals surface area contributed by atoms with Gasteiger partial charge in [-0.2, -0.15) is 5.10 Å². The zero-order chi connectivity index (χ0) is 17.7. The van der Waals surface area contributed by atoms with Crippen molar-refractivity contribution in [2.45, 2.75) is 33.7 Å². The van der Waals surface area contributed by atoms with Crippen LogP contribution in [0.4, 0.5) is 0 Å². The Bertz CT molecular complexity index is 710. The largest absolute Gasteiger partial charge is 0.490 e. The van der Waals surface area contributed by atoms with Gasteiger partial charge in [-0.25, -0.2) is 0 Å². The van der Waals surface area contributed by atoms with Crippen molar-refractivity contribution in [1.82, 2.24) is 15.1 Å². The molecule has 0 aliphatic carbocycles. The van der Waals surface area contributed by atoms with Gasteiger partial charge in [-0.3, -0.25) is 9.48 Å². The van der Waals surface area contributed by atoms with Crippen molar-refractivity contribution < 1.29 is 14.3 Å². The maximum absolute atomic E-state index is 12.5. The van der Waals surface area contributed by atoms with Crippen LogP contribution in [0.1, 0.15) is 48.4 Å². The molecule has 0 bridgehead atoms. The highest BCUT2D eigenvalue weighted by Crippen LogP contribution is 2.29. The number of nitrogens with zero attached hydrogens (tertiary/aromatic N) is 2. The fraction of sp³-hybridized carbons (Fsp3) is 0.444. The Morgan fingerprint density at radius 3 is 2.50 bits per heavy atom. The summed E-state index contributed by atoms with van der Waals surface area (Å²) in [6.07, 6.45) is 1.92. The molecule has 130 valence electrons. The predicted octanol–water partition coefficient (Wildman–Crippen LogP) is 3.02. The number of benzene rings is 1. The summed E-state index contributed by atoms with van der Waals surface area (Å²) in [7, 11) is 1.87. The molecule has 0 saturated carbocycles. The van der Waals surface area contributed by atoms with Crippen molar-refractivity contribution in [3.8, 4) is 11.5 Å². The smallest absolute Gasteiger partial charge is 0.251 e. The lowest BCUT2D eigenvalue weighted by Crippen LogP contribution is -2.26. The summed E-state index contributed by atoms with van der Waals surface area (Å²) in [4.78, 5) is 12.5. The predicted molar refractivity (Wildman–Crippen MR) is 92.6 cm³/mol. The lowest BCUT2D eigenvalue weighted by molar-refractivity contribution is 0.0939. The minimum absolute atomic E-state index is 0.131. The average Bonchev–Trinajstić information content (AvgIpc) is 2.88. The number of ether oxygens (including phenoxy) is 2. The normalized spacial score (nSPS) is 11.9. The zero-order valence-corrected chi connectivity index (χ0v) is 14.9. The Kier molecular flexibility index (Phi) is 5.84. The quantitative estimate of drug-likeness (QED) is 0.847. The maximum atomic E-state index is 12.5. The molecular weight excluding hydrogens is 306 g/mol. The lowest BCUT2D eigenvalue weighted by atomic mass is 10.1. The zero-order valence-electron chi connectivity index (χ0n) is 14.9. The van der Waals surface area contributed by atoms with E-state index < -0.39 is 0 Å². The summed E-state index contributed by atoms with van der Waals surface area (Å²) in [6, 6.07) is 5.09. The van der Waals surface area contributed by atoms with Gasteiger partial charge in [0.15, 0.2) is 11.5 Å². The lowest BCUT2D eigenvalue weighted by Gasteiger charge is -2.15. The number of amides is 1. The number of rotatable bonds is 7. The third-order valence-corrected chi connectivity index (χ3v) is 3.67. The number of carbonyl (C=O) groups excluding carboxylic acids is 1. The van der Waals surface area contributed by atoms with E-state index in [0.717, 1.165) is 11.3 Å². The van der Waals surface area contributed by atoms with Crippen molar-refractivity contribution in [2.75, 3.05) is 13.2 Å². The SMILES string of the molecule is CCOc1ccc(C(=O)NC(C)c2cn(C)nc2C)cc1OCC. The first-order chi connectivity index (χ1) is 11.5. The number of hydrogen-bond donors (Lipinski definition) is 1. The van der Waals surface area contributed by atoms with Crippen molar-refractivity contribution in [2.24, 2.45) is 7.05 Å². The molecule has 2 rings (SSSR count). The molecular formula is C18H25N3O3. The maximum Gasteiger partial charge on any atom is 0.251 e. The molecule has 1 heterocycles. The third kappa shape index (κ3) is 4.07. The molecule has 2 aromatic rings. The van der Waals surface area contributed by atoms with E-state index in [4.69, 9.17) is 9.47 Å². The Morgan fingerprint density at radius 1 is 1.25 bits per heavy atom. The van der Waals surface area contributed by atoms with Crippen LogP contribution in [-0.4, -0.2) is 28.9 Å². The van der Waals surface area contributed by atoms with Gasteiger partial charge in [0.05, 0.1) is 24.9 Å². The molecule has 1 aromatic carbocycles. The molecule has 24 heavy (non-hydrogen) atoms. The molecule has 1 aromatic heterocycles. The Balaban J connectivity index is 2.17. The summed E-state index contributed by atoms with van der Waals surface area (Å²) in [5, 5.41) is 7.31. The van der Waals surface area contributed by atoms with E-state index in [1.807, 2.05) is 40.9 Å². The van der Waals surface area contributed by atoms with E-state index in [-0.39, 0.29) is 11.9 Å². The Hall–Kier alpha value is -2.50. The summed E-state index contributed by atoms with van der Waals surface area (Å²) in [5.74, 6) is 1.07. The van der Waals surface area contributed by atoms with Crippen LogP contribution in [-0.2, 0) is 7.05 Å². The van der Waals surface area contributed by atoms with Gasteiger partial charge in [0, 0.05) is 24.4 Å². The molecule has 0 aliphatic heterocycles. The molecule has 0 radical (unpaired) electrons. The van der Waals surface area contributed by atoms with Gasteiger partial charge in [0.2, 0.25) is 0 Å². The first-order valence-electron chi connectivity index (χ1n) is 8.16. The highest BCUT2D eigenvalue weighted by atomic mass is 16.5. The fourth-order valence-corrected chi connectivity index (χ4v) is 2.59. The molecule has 1 N–H and O–H groups in total. The van der Waals surface area contributed by atoms with Crippen LogP contribution >= 0.6 is 0 Å². The Morgan fingerprint density at radius 2 is 1.92 bits per heavy atom. The van der Waals surface area contributed by atoms with Crippen molar-refractivity contribution in [3.05, 3.63) is 41.2 Å². The molecule has 1 unspecified atom stereocenters. The van der Waals surface area contributed by atoms with Gasteiger partial charge < -0.3 is 14.8 Å². The van der Waals surface area contributed by atoms with Crippen LogP contribution in [0.25, 0.3) is 0 Å².